The summed E-state index contributed by atoms with van der Waals surface area (Å²) in [5.41, 5.74) is 7.19. The van der Waals surface area contributed by atoms with Crippen molar-refractivity contribution in [1.82, 2.24) is 9.97 Å². The zero-order valence-electron chi connectivity index (χ0n) is 10.9. The molecule has 2 N–H and O–H groups in total. The predicted molar refractivity (Wildman–Crippen MR) is 77.0 cm³/mol. The van der Waals surface area contributed by atoms with Gasteiger partial charge in [0.15, 0.2) is 5.75 Å². The van der Waals surface area contributed by atoms with Gasteiger partial charge < -0.3 is 15.2 Å². The number of hydrogen-bond acceptors (Lipinski definition) is 5. The monoisotopic (exact) mass is 267 g/mol. The van der Waals surface area contributed by atoms with Crippen LogP contribution in [0.1, 0.15) is 0 Å². The molecule has 3 aromatic rings. The number of fused-ring (bicyclic) bond motifs is 1. The first kappa shape index (κ1) is 12.2. The van der Waals surface area contributed by atoms with Gasteiger partial charge in [0.25, 0.3) is 0 Å². The Morgan fingerprint density at radius 1 is 1.10 bits per heavy atom. The van der Waals surface area contributed by atoms with Gasteiger partial charge in [-0.3, -0.25) is 0 Å². The number of methoxy groups -OCH3 is 1. The smallest absolute Gasteiger partial charge is 0.322 e. The van der Waals surface area contributed by atoms with E-state index in [1.54, 1.807) is 31.5 Å². The molecule has 0 aliphatic carbocycles. The normalized spacial score (nSPS) is 10.4. The van der Waals surface area contributed by atoms with Gasteiger partial charge >= 0.3 is 6.01 Å². The van der Waals surface area contributed by atoms with Crippen LogP contribution >= 0.6 is 0 Å². The summed E-state index contributed by atoms with van der Waals surface area (Å²) in [7, 11) is 1.59. The molecule has 0 fully saturated rings. The number of nitrogens with two attached hydrogens (primary N) is 1. The fraction of sp³-hybridized carbons (Fsp3) is 0.0667. The molecule has 0 amide bonds. The minimum absolute atomic E-state index is 0.253. The number of rotatable bonds is 3. The van der Waals surface area contributed by atoms with E-state index in [1.165, 1.54) is 0 Å². The molecular formula is C15H13N3O2. The van der Waals surface area contributed by atoms with Gasteiger partial charge in [-0.1, -0.05) is 18.2 Å². The van der Waals surface area contributed by atoms with Gasteiger partial charge in [-0.2, -0.15) is 4.98 Å². The third-order valence-corrected chi connectivity index (χ3v) is 2.89. The lowest BCUT2D eigenvalue weighted by atomic mass is 10.2. The second kappa shape index (κ2) is 5.05. The van der Waals surface area contributed by atoms with Crippen LogP contribution < -0.4 is 15.2 Å². The molecule has 0 bridgehead atoms. The molecule has 0 saturated carbocycles. The van der Waals surface area contributed by atoms with Crippen LogP contribution in [-0.2, 0) is 0 Å². The number of nitrogens with zero attached hydrogens (tertiary/aromatic N) is 2. The average molecular weight is 267 g/mol. The van der Waals surface area contributed by atoms with E-state index in [2.05, 4.69) is 9.97 Å². The van der Waals surface area contributed by atoms with Crippen LogP contribution in [0.2, 0.25) is 0 Å². The third kappa shape index (κ3) is 2.33. The minimum Gasteiger partial charge on any atom is -0.497 e. The Balaban J connectivity index is 1.96. The Bertz CT molecular complexity index is 759. The van der Waals surface area contributed by atoms with Crippen molar-refractivity contribution in [1.29, 1.82) is 0 Å². The maximum atomic E-state index is 5.87. The fourth-order valence-electron chi connectivity index (χ4n) is 1.83. The van der Waals surface area contributed by atoms with Gasteiger partial charge in [-0.15, -0.1) is 0 Å². The molecule has 0 spiro atoms. The van der Waals surface area contributed by atoms with Gasteiger partial charge in [0.2, 0.25) is 0 Å². The number of aromatic nitrogens is 2. The standard InChI is InChI=1S/C15H13N3O2/c1-19-11-6-7-12(16)14(8-11)20-15-17-9-10-4-2-3-5-13(10)18-15/h2-9H,16H2,1H3. The number of para-hydroxylation sites is 1. The molecule has 5 nitrogen and oxygen atoms in total. The Labute approximate surface area is 116 Å². The average Bonchev–Trinajstić information content (AvgIpc) is 2.49. The van der Waals surface area contributed by atoms with E-state index < -0.39 is 0 Å². The molecule has 0 aliphatic heterocycles. The van der Waals surface area contributed by atoms with Crippen molar-refractivity contribution in [2.24, 2.45) is 0 Å². The van der Waals surface area contributed by atoms with Gasteiger partial charge in [-0.25, -0.2) is 4.98 Å². The van der Waals surface area contributed by atoms with Crippen molar-refractivity contribution in [3.8, 4) is 17.5 Å². The van der Waals surface area contributed by atoms with E-state index in [0.717, 1.165) is 10.9 Å². The Morgan fingerprint density at radius 2 is 1.95 bits per heavy atom. The first-order valence-corrected chi connectivity index (χ1v) is 6.09. The van der Waals surface area contributed by atoms with Crippen molar-refractivity contribution in [3.05, 3.63) is 48.7 Å². The molecule has 0 atom stereocenters. The zero-order valence-corrected chi connectivity index (χ0v) is 10.9. The maximum Gasteiger partial charge on any atom is 0.322 e. The quantitative estimate of drug-likeness (QED) is 0.739. The molecule has 2 aromatic carbocycles. The fourth-order valence-corrected chi connectivity index (χ4v) is 1.83. The molecular weight excluding hydrogens is 254 g/mol. The first-order valence-electron chi connectivity index (χ1n) is 6.09. The highest BCUT2D eigenvalue weighted by molar-refractivity contribution is 5.77. The van der Waals surface area contributed by atoms with Crippen LogP contribution in [0, 0.1) is 0 Å². The number of benzene rings is 2. The van der Waals surface area contributed by atoms with Crippen LogP contribution in [0.5, 0.6) is 17.5 Å². The molecule has 1 aromatic heterocycles. The number of hydrogen-bond donors (Lipinski definition) is 1. The highest BCUT2D eigenvalue weighted by Crippen LogP contribution is 2.30. The van der Waals surface area contributed by atoms with Crippen LogP contribution in [0.15, 0.2) is 48.7 Å². The van der Waals surface area contributed by atoms with Crippen LogP contribution in [0.3, 0.4) is 0 Å². The number of anilines is 1. The lowest BCUT2D eigenvalue weighted by Crippen LogP contribution is -1.96. The van der Waals surface area contributed by atoms with Crippen molar-refractivity contribution < 1.29 is 9.47 Å². The van der Waals surface area contributed by atoms with Gasteiger partial charge in [0, 0.05) is 17.6 Å². The van der Waals surface area contributed by atoms with Crippen LogP contribution in [0.25, 0.3) is 10.9 Å². The van der Waals surface area contributed by atoms with Gasteiger partial charge in [0.05, 0.1) is 18.3 Å². The summed E-state index contributed by atoms with van der Waals surface area (Å²) in [5.74, 6) is 1.13. The summed E-state index contributed by atoms with van der Waals surface area (Å²) >= 11 is 0. The molecule has 0 unspecified atom stereocenters. The summed E-state index contributed by atoms with van der Waals surface area (Å²) < 4.78 is 10.8. The minimum atomic E-state index is 0.253. The second-order valence-corrected chi connectivity index (χ2v) is 4.22. The number of ether oxygens (including phenoxy) is 2. The van der Waals surface area contributed by atoms with Gasteiger partial charge in [-0.05, 0) is 18.2 Å². The summed E-state index contributed by atoms with van der Waals surface area (Å²) in [6.07, 6.45) is 1.72. The highest BCUT2D eigenvalue weighted by atomic mass is 16.5. The van der Waals surface area contributed by atoms with E-state index in [4.69, 9.17) is 15.2 Å². The summed E-state index contributed by atoms with van der Waals surface area (Å²) in [6, 6.07) is 13.1. The Kier molecular flexibility index (Phi) is 3.09. The van der Waals surface area contributed by atoms with E-state index in [9.17, 15) is 0 Å². The molecule has 1 heterocycles. The summed E-state index contributed by atoms with van der Waals surface area (Å²) in [6.45, 7) is 0. The van der Waals surface area contributed by atoms with Crippen LogP contribution in [-0.4, -0.2) is 17.1 Å². The largest absolute Gasteiger partial charge is 0.497 e. The molecule has 5 heteroatoms. The Hall–Kier alpha value is -2.82. The van der Waals surface area contributed by atoms with Crippen molar-refractivity contribution >= 4 is 16.6 Å². The summed E-state index contributed by atoms with van der Waals surface area (Å²) in [5, 5.41) is 0.957. The molecule has 0 aliphatic rings. The van der Waals surface area contributed by atoms with E-state index in [-0.39, 0.29) is 6.01 Å². The predicted octanol–water partition coefficient (Wildman–Crippen LogP) is 3.01. The Morgan fingerprint density at radius 3 is 2.80 bits per heavy atom. The van der Waals surface area contributed by atoms with Crippen LogP contribution in [0.4, 0.5) is 5.69 Å². The topological polar surface area (TPSA) is 70.3 Å². The lowest BCUT2D eigenvalue weighted by molar-refractivity contribution is 0.405. The van der Waals surface area contributed by atoms with E-state index in [0.29, 0.717) is 17.2 Å². The maximum absolute atomic E-state index is 5.87. The molecule has 0 radical (unpaired) electrons. The molecule has 100 valence electrons. The van der Waals surface area contributed by atoms with Crippen molar-refractivity contribution in [2.75, 3.05) is 12.8 Å². The number of nitrogen functional groups attached to an aromatic ring is 1. The van der Waals surface area contributed by atoms with Gasteiger partial charge in [0.1, 0.15) is 5.75 Å². The summed E-state index contributed by atoms with van der Waals surface area (Å²) in [4.78, 5) is 8.51. The molecule has 20 heavy (non-hydrogen) atoms. The molecule has 0 saturated heterocycles. The lowest BCUT2D eigenvalue weighted by Gasteiger charge is -2.09. The third-order valence-electron chi connectivity index (χ3n) is 2.89. The first-order chi connectivity index (χ1) is 9.76. The second-order valence-electron chi connectivity index (χ2n) is 4.22. The highest BCUT2D eigenvalue weighted by Gasteiger charge is 2.07. The van der Waals surface area contributed by atoms with E-state index in [1.807, 2.05) is 24.3 Å². The van der Waals surface area contributed by atoms with Crippen molar-refractivity contribution in [2.45, 2.75) is 0 Å². The van der Waals surface area contributed by atoms with Crippen molar-refractivity contribution in [3.63, 3.8) is 0 Å². The molecule has 3 rings (SSSR count). The zero-order chi connectivity index (χ0) is 13.9. The van der Waals surface area contributed by atoms with E-state index >= 15 is 0 Å². The SMILES string of the molecule is COc1ccc(N)c(Oc2ncc3ccccc3n2)c1.